The molecule has 0 radical (unpaired) electrons. The predicted molar refractivity (Wildman–Crippen MR) is 70.3 cm³/mol. The molecular formula is C15H22O2. The number of aryl methyl sites for hydroxylation is 1. The molecular weight excluding hydrogens is 212 g/mol. The van der Waals surface area contributed by atoms with Gasteiger partial charge in [-0.05, 0) is 29.9 Å². The number of carboxylic acids is 1. The van der Waals surface area contributed by atoms with Crippen molar-refractivity contribution in [1.29, 1.82) is 0 Å². The number of benzene rings is 1. The van der Waals surface area contributed by atoms with Crippen molar-refractivity contribution < 1.29 is 9.90 Å². The first kappa shape index (κ1) is 13.8. The molecule has 1 aromatic rings. The average Bonchev–Trinajstić information content (AvgIpc) is 2.29. The van der Waals surface area contributed by atoms with Gasteiger partial charge in [0.05, 0.1) is 6.42 Å². The highest BCUT2D eigenvalue weighted by atomic mass is 16.4. The maximum atomic E-state index is 10.8. The third-order valence-electron chi connectivity index (χ3n) is 3.12. The van der Waals surface area contributed by atoms with Crippen LogP contribution in [0.3, 0.4) is 0 Å². The summed E-state index contributed by atoms with van der Waals surface area (Å²) in [6, 6.07) is 8.23. The zero-order valence-electron chi connectivity index (χ0n) is 10.8. The first-order valence-electron chi connectivity index (χ1n) is 6.44. The lowest BCUT2D eigenvalue weighted by atomic mass is 9.91. The van der Waals surface area contributed by atoms with Gasteiger partial charge in [0.1, 0.15) is 0 Å². The van der Waals surface area contributed by atoms with Gasteiger partial charge in [-0.15, -0.1) is 0 Å². The van der Waals surface area contributed by atoms with Crippen LogP contribution in [-0.4, -0.2) is 11.1 Å². The maximum absolute atomic E-state index is 10.8. The largest absolute Gasteiger partial charge is 0.481 e. The minimum Gasteiger partial charge on any atom is -0.481 e. The van der Waals surface area contributed by atoms with Crippen molar-refractivity contribution in [3.63, 3.8) is 0 Å². The smallest absolute Gasteiger partial charge is 0.303 e. The predicted octanol–water partition coefficient (Wildman–Crippen LogP) is 4.00. The van der Waals surface area contributed by atoms with Crippen LogP contribution in [0.15, 0.2) is 24.3 Å². The van der Waals surface area contributed by atoms with Crippen LogP contribution in [0, 0.1) is 0 Å². The molecule has 17 heavy (non-hydrogen) atoms. The summed E-state index contributed by atoms with van der Waals surface area (Å²) in [5.41, 5.74) is 2.51. The van der Waals surface area contributed by atoms with E-state index in [1.54, 1.807) is 0 Å². The van der Waals surface area contributed by atoms with E-state index in [1.807, 2.05) is 19.1 Å². The van der Waals surface area contributed by atoms with Gasteiger partial charge in [-0.3, -0.25) is 4.79 Å². The summed E-state index contributed by atoms with van der Waals surface area (Å²) < 4.78 is 0. The van der Waals surface area contributed by atoms with Gasteiger partial charge in [-0.1, -0.05) is 51.0 Å². The van der Waals surface area contributed by atoms with E-state index in [0.717, 1.165) is 6.42 Å². The van der Waals surface area contributed by atoms with Gasteiger partial charge in [-0.25, -0.2) is 0 Å². The molecule has 2 nitrogen and oxygen atoms in total. The summed E-state index contributed by atoms with van der Waals surface area (Å²) in [7, 11) is 0. The standard InChI is InChI=1S/C15H22O2/c1-3-4-5-8-13-9-6-7-10-14(13)12(2)11-15(16)17/h6-7,9-10,12H,3-5,8,11H2,1-2H3,(H,16,17). The number of carbonyl (C=O) groups is 1. The van der Waals surface area contributed by atoms with Gasteiger partial charge < -0.3 is 5.11 Å². The minimum atomic E-state index is -0.721. The Bertz CT molecular complexity index is 358. The van der Waals surface area contributed by atoms with E-state index in [-0.39, 0.29) is 12.3 Å². The summed E-state index contributed by atoms with van der Waals surface area (Å²) in [5.74, 6) is -0.619. The van der Waals surface area contributed by atoms with E-state index in [0.29, 0.717) is 0 Å². The molecule has 94 valence electrons. The topological polar surface area (TPSA) is 37.3 Å². The monoisotopic (exact) mass is 234 g/mol. The lowest BCUT2D eigenvalue weighted by Crippen LogP contribution is -2.05. The fraction of sp³-hybridized carbons (Fsp3) is 0.533. The Morgan fingerprint density at radius 2 is 2.00 bits per heavy atom. The molecule has 0 aliphatic rings. The lowest BCUT2D eigenvalue weighted by Gasteiger charge is -2.14. The van der Waals surface area contributed by atoms with Crippen molar-refractivity contribution in [2.45, 2.75) is 51.9 Å². The molecule has 1 atom stereocenters. The molecule has 1 rings (SSSR count). The zero-order valence-corrected chi connectivity index (χ0v) is 10.8. The van der Waals surface area contributed by atoms with Gasteiger partial charge >= 0.3 is 5.97 Å². The molecule has 2 heteroatoms. The average molecular weight is 234 g/mol. The summed E-state index contributed by atoms with van der Waals surface area (Å²) in [4.78, 5) is 10.8. The Kier molecular flexibility index (Phi) is 5.75. The summed E-state index contributed by atoms with van der Waals surface area (Å²) in [6.07, 6.45) is 4.92. The van der Waals surface area contributed by atoms with Crippen molar-refractivity contribution in [2.24, 2.45) is 0 Å². The first-order valence-corrected chi connectivity index (χ1v) is 6.44. The number of unbranched alkanes of at least 4 members (excludes halogenated alkanes) is 2. The highest BCUT2D eigenvalue weighted by Crippen LogP contribution is 2.24. The van der Waals surface area contributed by atoms with Crippen molar-refractivity contribution in [3.8, 4) is 0 Å². The molecule has 0 aromatic heterocycles. The Morgan fingerprint density at radius 1 is 1.29 bits per heavy atom. The van der Waals surface area contributed by atoms with Crippen LogP contribution in [0.5, 0.6) is 0 Å². The minimum absolute atomic E-state index is 0.102. The molecule has 0 fully saturated rings. The van der Waals surface area contributed by atoms with Gasteiger partial charge in [0, 0.05) is 0 Å². The van der Waals surface area contributed by atoms with E-state index in [9.17, 15) is 4.79 Å². The van der Waals surface area contributed by atoms with E-state index in [2.05, 4.69) is 19.1 Å². The Morgan fingerprint density at radius 3 is 2.65 bits per heavy atom. The van der Waals surface area contributed by atoms with Gasteiger partial charge in [0.2, 0.25) is 0 Å². The number of hydrogen-bond donors (Lipinski definition) is 1. The van der Waals surface area contributed by atoms with Crippen LogP contribution in [0.25, 0.3) is 0 Å². The summed E-state index contributed by atoms with van der Waals surface area (Å²) in [6.45, 7) is 4.19. The highest BCUT2D eigenvalue weighted by molar-refractivity contribution is 5.68. The molecule has 1 N–H and O–H groups in total. The maximum Gasteiger partial charge on any atom is 0.303 e. The van der Waals surface area contributed by atoms with Crippen molar-refractivity contribution in [3.05, 3.63) is 35.4 Å². The second kappa shape index (κ2) is 7.10. The van der Waals surface area contributed by atoms with Crippen LogP contribution in [0.2, 0.25) is 0 Å². The summed E-state index contributed by atoms with van der Waals surface area (Å²) >= 11 is 0. The molecule has 0 heterocycles. The molecule has 0 saturated heterocycles. The molecule has 0 bridgehead atoms. The lowest BCUT2D eigenvalue weighted by molar-refractivity contribution is -0.137. The molecule has 0 spiro atoms. The van der Waals surface area contributed by atoms with Crippen LogP contribution < -0.4 is 0 Å². The zero-order chi connectivity index (χ0) is 12.7. The van der Waals surface area contributed by atoms with E-state index >= 15 is 0 Å². The van der Waals surface area contributed by atoms with E-state index in [4.69, 9.17) is 5.11 Å². The van der Waals surface area contributed by atoms with Gasteiger partial charge in [0.15, 0.2) is 0 Å². The second-order valence-corrected chi connectivity index (χ2v) is 4.65. The number of carboxylic acid groups (broad SMARTS) is 1. The number of rotatable bonds is 7. The molecule has 0 saturated carbocycles. The molecule has 0 aliphatic carbocycles. The highest BCUT2D eigenvalue weighted by Gasteiger charge is 2.13. The Hall–Kier alpha value is -1.31. The van der Waals surface area contributed by atoms with Crippen LogP contribution in [0.1, 0.15) is 56.6 Å². The molecule has 1 aromatic carbocycles. The first-order chi connectivity index (χ1) is 8.15. The second-order valence-electron chi connectivity index (χ2n) is 4.65. The third kappa shape index (κ3) is 4.59. The number of hydrogen-bond acceptors (Lipinski definition) is 1. The van der Waals surface area contributed by atoms with Crippen molar-refractivity contribution in [1.82, 2.24) is 0 Å². The van der Waals surface area contributed by atoms with Crippen molar-refractivity contribution >= 4 is 5.97 Å². The SMILES string of the molecule is CCCCCc1ccccc1C(C)CC(=O)O. The molecule has 0 aliphatic heterocycles. The number of aliphatic carboxylic acids is 1. The quantitative estimate of drug-likeness (QED) is 0.724. The molecule has 1 unspecified atom stereocenters. The normalized spacial score (nSPS) is 12.4. The Labute approximate surface area is 104 Å². The van der Waals surface area contributed by atoms with Crippen LogP contribution >= 0.6 is 0 Å². The third-order valence-corrected chi connectivity index (χ3v) is 3.12. The van der Waals surface area contributed by atoms with Crippen molar-refractivity contribution in [2.75, 3.05) is 0 Å². The van der Waals surface area contributed by atoms with Crippen LogP contribution in [-0.2, 0) is 11.2 Å². The Balaban J connectivity index is 2.72. The van der Waals surface area contributed by atoms with E-state index < -0.39 is 5.97 Å². The van der Waals surface area contributed by atoms with E-state index in [1.165, 1.54) is 30.4 Å². The summed E-state index contributed by atoms with van der Waals surface area (Å²) in [5, 5.41) is 8.85. The van der Waals surface area contributed by atoms with Crippen LogP contribution in [0.4, 0.5) is 0 Å². The van der Waals surface area contributed by atoms with Gasteiger partial charge in [0.25, 0.3) is 0 Å². The molecule has 0 amide bonds. The fourth-order valence-corrected chi connectivity index (χ4v) is 2.18. The fourth-order valence-electron chi connectivity index (χ4n) is 2.18. The van der Waals surface area contributed by atoms with Gasteiger partial charge in [-0.2, -0.15) is 0 Å².